The predicted molar refractivity (Wildman–Crippen MR) is 147 cm³/mol. The molecule has 2 amide bonds. The molecule has 1 aliphatic heterocycles. The molecule has 1 saturated heterocycles. The summed E-state index contributed by atoms with van der Waals surface area (Å²) in [5.74, 6) is 0.892. The molecule has 9 nitrogen and oxygen atoms in total. The van der Waals surface area contributed by atoms with Crippen molar-refractivity contribution in [2.75, 3.05) is 58.4 Å². The largest absolute Gasteiger partial charge is 0.493 e. The molecule has 0 bridgehead atoms. The van der Waals surface area contributed by atoms with Crippen LogP contribution < -0.4 is 14.4 Å². The van der Waals surface area contributed by atoms with Gasteiger partial charge in [-0.15, -0.1) is 10.2 Å². The van der Waals surface area contributed by atoms with Gasteiger partial charge in [-0.25, -0.2) is 4.39 Å². The summed E-state index contributed by atoms with van der Waals surface area (Å²) >= 11 is 0. The minimum atomic E-state index is -0.587. The zero-order valence-corrected chi connectivity index (χ0v) is 22.8. The monoisotopic (exact) mass is 535 g/mol. The number of anilines is 1. The Bertz CT molecular complexity index is 1290. The highest BCUT2D eigenvalue weighted by Gasteiger charge is 2.27. The molecule has 1 aromatic heterocycles. The summed E-state index contributed by atoms with van der Waals surface area (Å²) < 4.78 is 24.9. The zero-order valence-electron chi connectivity index (χ0n) is 22.8. The van der Waals surface area contributed by atoms with Gasteiger partial charge in [0.2, 0.25) is 5.91 Å². The number of carbonyl (C=O) groups is 2. The average molecular weight is 536 g/mol. The van der Waals surface area contributed by atoms with Crippen LogP contribution in [0.15, 0.2) is 54.6 Å². The van der Waals surface area contributed by atoms with E-state index in [0.717, 1.165) is 11.4 Å². The first-order chi connectivity index (χ1) is 18.8. The van der Waals surface area contributed by atoms with Crippen LogP contribution in [0.25, 0.3) is 11.3 Å². The predicted octanol–water partition coefficient (Wildman–Crippen LogP) is 3.75. The number of amides is 2. The third-order valence-corrected chi connectivity index (χ3v) is 6.59. The minimum absolute atomic E-state index is 0.0223. The van der Waals surface area contributed by atoms with Crippen molar-refractivity contribution < 1.29 is 23.5 Å². The van der Waals surface area contributed by atoms with Gasteiger partial charge < -0.3 is 24.2 Å². The molecule has 2 heterocycles. The van der Waals surface area contributed by atoms with Crippen molar-refractivity contribution in [1.29, 1.82) is 0 Å². The Kier molecular flexibility index (Phi) is 8.96. The summed E-state index contributed by atoms with van der Waals surface area (Å²) in [5.41, 5.74) is 1.54. The van der Waals surface area contributed by atoms with Crippen LogP contribution in [0.3, 0.4) is 0 Å². The molecular weight excluding hydrogens is 501 g/mol. The van der Waals surface area contributed by atoms with Crippen LogP contribution in [0, 0.1) is 11.7 Å². The number of halogens is 1. The smallest absolute Gasteiger partial charge is 0.257 e. The SMILES string of the molecule is COc1ccc(-c2ccc(N3CCN(C(=O)CN(CC(C)C)C(=O)c4ccccc4F)CC3)nn2)cc1OC. The van der Waals surface area contributed by atoms with Crippen LogP contribution in [0.2, 0.25) is 0 Å². The molecule has 0 radical (unpaired) electrons. The molecule has 4 rings (SSSR count). The number of ether oxygens (including phenoxy) is 2. The Balaban J connectivity index is 1.37. The van der Waals surface area contributed by atoms with Crippen LogP contribution in [0.5, 0.6) is 11.5 Å². The highest BCUT2D eigenvalue weighted by Crippen LogP contribution is 2.31. The van der Waals surface area contributed by atoms with E-state index in [2.05, 4.69) is 15.1 Å². The first kappa shape index (κ1) is 27.8. The van der Waals surface area contributed by atoms with E-state index < -0.39 is 11.7 Å². The molecule has 10 heteroatoms. The molecule has 1 aliphatic rings. The molecule has 1 fully saturated rings. The summed E-state index contributed by atoms with van der Waals surface area (Å²) in [6.07, 6.45) is 0. The maximum absolute atomic E-state index is 14.3. The molecule has 0 spiro atoms. The van der Waals surface area contributed by atoms with E-state index in [-0.39, 0.29) is 23.9 Å². The molecule has 39 heavy (non-hydrogen) atoms. The highest BCUT2D eigenvalue weighted by atomic mass is 19.1. The van der Waals surface area contributed by atoms with Gasteiger partial charge in [-0.05, 0) is 48.4 Å². The van der Waals surface area contributed by atoms with Gasteiger partial charge in [0, 0.05) is 38.3 Å². The molecule has 0 unspecified atom stereocenters. The molecule has 3 aromatic rings. The van der Waals surface area contributed by atoms with Crippen molar-refractivity contribution >= 4 is 17.6 Å². The zero-order chi connectivity index (χ0) is 27.9. The second-order valence-electron chi connectivity index (χ2n) is 9.77. The Labute approximate surface area is 228 Å². The van der Waals surface area contributed by atoms with Crippen LogP contribution in [0.1, 0.15) is 24.2 Å². The number of nitrogens with zero attached hydrogens (tertiary/aromatic N) is 5. The number of methoxy groups -OCH3 is 2. The highest BCUT2D eigenvalue weighted by molar-refractivity contribution is 5.96. The Morgan fingerprint density at radius 2 is 1.67 bits per heavy atom. The van der Waals surface area contributed by atoms with E-state index in [1.54, 1.807) is 25.2 Å². The summed E-state index contributed by atoms with van der Waals surface area (Å²) in [5, 5.41) is 8.79. The van der Waals surface area contributed by atoms with Gasteiger partial charge >= 0.3 is 0 Å². The quantitative estimate of drug-likeness (QED) is 0.412. The molecule has 0 saturated carbocycles. The fraction of sp³-hybridized carbons (Fsp3) is 0.379. The van der Waals surface area contributed by atoms with E-state index >= 15 is 0 Å². The maximum atomic E-state index is 14.3. The number of hydrogen-bond donors (Lipinski definition) is 0. The Morgan fingerprint density at radius 1 is 0.949 bits per heavy atom. The van der Waals surface area contributed by atoms with Gasteiger partial charge in [-0.2, -0.15) is 0 Å². The average Bonchev–Trinajstić information content (AvgIpc) is 2.96. The number of benzene rings is 2. The Hall–Kier alpha value is -4.21. The molecule has 0 atom stereocenters. The van der Waals surface area contributed by atoms with Crippen LogP contribution in [-0.4, -0.2) is 85.3 Å². The van der Waals surface area contributed by atoms with Crippen LogP contribution in [-0.2, 0) is 4.79 Å². The molecule has 2 aromatic carbocycles. The van der Waals surface area contributed by atoms with Crippen molar-refractivity contribution in [1.82, 2.24) is 20.0 Å². The van der Waals surface area contributed by atoms with E-state index in [1.807, 2.05) is 44.2 Å². The second-order valence-corrected chi connectivity index (χ2v) is 9.77. The summed E-state index contributed by atoms with van der Waals surface area (Å²) in [6.45, 7) is 6.34. The van der Waals surface area contributed by atoms with Crippen molar-refractivity contribution in [3.63, 3.8) is 0 Å². The van der Waals surface area contributed by atoms with Gasteiger partial charge in [-0.1, -0.05) is 26.0 Å². The van der Waals surface area contributed by atoms with Gasteiger partial charge in [-0.3, -0.25) is 9.59 Å². The first-order valence-corrected chi connectivity index (χ1v) is 12.9. The fourth-order valence-electron chi connectivity index (χ4n) is 4.56. The second kappa shape index (κ2) is 12.6. The van der Waals surface area contributed by atoms with Crippen LogP contribution >= 0.6 is 0 Å². The summed E-state index contributed by atoms with van der Waals surface area (Å²) in [7, 11) is 3.18. The van der Waals surface area contributed by atoms with Gasteiger partial charge in [0.25, 0.3) is 5.91 Å². The van der Waals surface area contributed by atoms with E-state index in [9.17, 15) is 14.0 Å². The summed E-state index contributed by atoms with van der Waals surface area (Å²) in [4.78, 5) is 31.4. The lowest BCUT2D eigenvalue weighted by Crippen LogP contribution is -2.52. The first-order valence-electron chi connectivity index (χ1n) is 12.9. The fourth-order valence-corrected chi connectivity index (χ4v) is 4.56. The standard InChI is InChI=1S/C29H34FN5O4/c1-20(2)18-35(29(37)22-7-5-6-8-23(22)30)19-28(36)34-15-13-33(14-16-34)27-12-10-24(31-32-27)21-9-11-25(38-3)26(17-21)39-4/h5-12,17,20H,13-16,18-19H2,1-4H3. The number of piperazine rings is 1. The molecule has 0 N–H and O–H groups in total. The van der Waals surface area contributed by atoms with Crippen molar-refractivity contribution in [3.05, 3.63) is 66.0 Å². The third kappa shape index (κ3) is 6.63. The molecule has 0 aliphatic carbocycles. The van der Waals surface area contributed by atoms with Gasteiger partial charge in [0.1, 0.15) is 12.4 Å². The normalized spacial score (nSPS) is 13.4. The maximum Gasteiger partial charge on any atom is 0.257 e. The number of rotatable bonds is 9. The van der Waals surface area contributed by atoms with Gasteiger partial charge in [0.15, 0.2) is 17.3 Å². The van der Waals surface area contributed by atoms with E-state index in [1.165, 1.54) is 23.1 Å². The van der Waals surface area contributed by atoms with Crippen molar-refractivity contribution in [2.24, 2.45) is 5.92 Å². The van der Waals surface area contributed by atoms with E-state index in [0.29, 0.717) is 49.9 Å². The lowest BCUT2D eigenvalue weighted by Gasteiger charge is -2.36. The lowest BCUT2D eigenvalue weighted by atomic mass is 10.1. The number of carbonyl (C=O) groups excluding carboxylic acids is 2. The molecular formula is C29H34FN5O4. The van der Waals surface area contributed by atoms with Crippen LogP contribution in [0.4, 0.5) is 10.2 Å². The van der Waals surface area contributed by atoms with E-state index in [4.69, 9.17) is 9.47 Å². The number of aromatic nitrogens is 2. The lowest BCUT2D eigenvalue weighted by molar-refractivity contribution is -0.132. The third-order valence-electron chi connectivity index (χ3n) is 6.59. The molecule has 206 valence electrons. The minimum Gasteiger partial charge on any atom is -0.493 e. The topological polar surface area (TPSA) is 88.1 Å². The summed E-state index contributed by atoms with van der Waals surface area (Å²) in [6, 6.07) is 15.3. The number of hydrogen-bond acceptors (Lipinski definition) is 7. The Morgan fingerprint density at radius 3 is 2.28 bits per heavy atom. The van der Waals surface area contributed by atoms with Crippen molar-refractivity contribution in [2.45, 2.75) is 13.8 Å². The van der Waals surface area contributed by atoms with Crippen molar-refractivity contribution in [3.8, 4) is 22.8 Å². The van der Waals surface area contributed by atoms with Gasteiger partial charge in [0.05, 0.1) is 25.5 Å².